The van der Waals surface area contributed by atoms with E-state index in [0.29, 0.717) is 42.4 Å². The van der Waals surface area contributed by atoms with E-state index in [1.165, 1.54) is 0 Å². The van der Waals surface area contributed by atoms with Crippen LogP contribution in [-0.2, 0) is 20.9 Å². The molecule has 0 aliphatic carbocycles. The van der Waals surface area contributed by atoms with E-state index in [1.807, 2.05) is 42.5 Å². The molecule has 1 atom stereocenters. The molecule has 1 heterocycles. The first kappa shape index (κ1) is 25.2. The van der Waals surface area contributed by atoms with Crippen molar-refractivity contribution in [3.8, 4) is 5.75 Å². The second kappa shape index (κ2) is 12.1. The summed E-state index contributed by atoms with van der Waals surface area (Å²) in [6.45, 7) is 5.30. The van der Waals surface area contributed by atoms with Gasteiger partial charge in [-0.05, 0) is 42.2 Å². The van der Waals surface area contributed by atoms with Crippen LogP contribution in [0.4, 0.5) is 0 Å². The summed E-state index contributed by atoms with van der Waals surface area (Å²) in [4.78, 5) is 28.7. The van der Waals surface area contributed by atoms with Gasteiger partial charge in [0, 0.05) is 20.2 Å². The SMILES string of the molecule is COCCNC(=O)C(c1cccc(OC)c1)N(CCC(C)C)C(=O)Cn1nnc2ccccc21. The van der Waals surface area contributed by atoms with Gasteiger partial charge >= 0.3 is 0 Å². The van der Waals surface area contributed by atoms with E-state index in [2.05, 4.69) is 29.5 Å². The summed E-state index contributed by atoms with van der Waals surface area (Å²) in [5.74, 6) is 0.479. The molecule has 0 fully saturated rings. The number of methoxy groups -OCH3 is 2. The van der Waals surface area contributed by atoms with Gasteiger partial charge in [0.25, 0.3) is 0 Å². The smallest absolute Gasteiger partial charge is 0.247 e. The summed E-state index contributed by atoms with van der Waals surface area (Å²) in [6, 6.07) is 13.9. The van der Waals surface area contributed by atoms with E-state index in [1.54, 1.807) is 29.9 Å². The molecule has 9 heteroatoms. The highest BCUT2D eigenvalue weighted by molar-refractivity contribution is 5.89. The molecule has 2 amide bonds. The van der Waals surface area contributed by atoms with Gasteiger partial charge in [0.2, 0.25) is 11.8 Å². The molecular weight excluding hydrogens is 434 g/mol. The van der Waals surface area contributed by atoms with Crippen LogP contribution in [0.3, 0.4) is 0 Å². The van der Waals surface area contributed by atoms with Gasteiger partial charge in [-0.2, -0.15) is 0 Å². The van der Waals surface area contributed by atoms with Crippen LogP contribution >= 0.6 is 0 Å². The van der Waals surface area contributed by atoms with Crippen molar-refractivity contribution in [3.63, 3.8) is 0 Å². The topological polar surface area (TPSA) is 98.6 Å². The third kappa shape index (κ3) is 6.32. The van der Waals surface area contributed by atoms with Crippen LogP contribution < -0.4 is 10.1 Å². The Kier molecular flexibility index (Phi) is 8.98. The summed E-state index contributed by atoms with van der Waals surface area (Å²) >= 11 is 0. The Hall–Kier alpha value is -3.46. The lowest BCUT2D eigenvalue weighted by atomic mass is 10.0. The zero-order valence-electron chi connectivity index (χ0n) is 20.2. The van der Waals surface area contributed by atoms with Gasteiger partial charge in [0.1, 0.15) is 23.9 Å². The molecule has 0 spiro atoms. The summed E-state index contributed by atoms with van der Waals surface area (Å²) in [6.07, 6.45) is 0.746. The maximum atomic E-state index is 13.7. The molecule has 0 saturated carbocycles. The van der Waals surface area contributed by atoms with Gasteiger partial charge in [0.15, 0.2) is 0 Å². The van der Waals surface area contributed by atoms with Crippen molar-refractivity contribution in [2.24, 2.45) is 5.92 Å². The minimum absolute atomic E-state index is 0.0234. The molecule has 0 aliphatic rings. The molecule has 9 nitrogen and oxygen atoms in total. The summed E-state index contributed by atoms with van der Waals surface area (Å²) in [5.41, 5.74) is 2.16. The minimum Gasteiger partial charge on any atom is -0.497 e. The maximum absolute atomic E-state index is 13.7. The van der Waals surface area contributed by atoms with Crippen molar-refractivity contribution >= 4 is 22.8 Å². The van der Waals surface area contributed by atoms with Crippen molar-refractivity contribution in [2.45, 2.75) is 32.9 Å². The van der Waals surface area contributed by atoms with Gasteiger partial charge in [0.05, 0.1) is 19.2 Å². The largest absolute Gasteiger partial charge is 0.497 e. The maximum Gasteiger partial charge on any atom is 0.247 e. The summed E-state index contributed by atoms with van der Waals surface area (Å²) < 4.78 is 12.0. The molecule has 0 bridgehead atoms. The monoisotopic (exact) mass is 467 g/mol. The fourth-order valence-electron chi connectivity index (χ4n) is 3.71. The molecule has 1 aromatic heterocycles. The Balaban J connectivity index is 1.96. The average Bonchev–Trinajstić information content (AvgIpc) is 3.24. The molecule has 1 N–H and O–H groups in total. The first-order valence-electron chi connectivity index (χ1n) is 11.4. The number of nitrogens with zero attached hydrogens (tertiary/aromatic N) is 4. The van der Waals surface area contributed by atoms with Crippen LogP contribution in [0, 0.1) is 5.92 Å². The zero-order chi connectivity index (χ0) is 24.5. The zero-order valence-corrected chi connectivity index (χ0v) is 20.2. The molecule has 0 aliphatic heterocycles. The molecule has 3 rings (SSSR count). The lowest BCUT2D eigenvalue weighted by Crippen LogP contribution is -2.46. The number of hydrogen-bond acceptors (Lipinski definition) is 6. The highest BCUT2D eigenvalue weighted by Crippen LogP contribution is 2.26. The van der Waals surface area contributed by atoms with E-state index >= 15 is 0 Å². The number of benzene rings is 2. The molecule has 0 radical (unpaired) electrons. The number of aromatic nitrogens is 3. The Bertz CT molecular complexity index is 1100. The van der Waals surface area contributed by atoms with Crippen LogP contribution in [0.5, 0.6) is 5.75 Å². The molecule has 2 aromatic carbocycles. The Morgan fingerprint density at radius 2 is 1.91 bits per heavy atom. The molecule has 3 aromatic rings. The summed E-state index contributed by atoms with van der Waals surface area (Å²) in [5, 5.41) is 11.2. The highest BCUT2D eigenvalue weighted by Gasteiger charge is 2.32. The molecule has 34 heavy (non-hydrogen) atoms. The predicted octanol–water partition coefficient (Wildman–Crippen LogP) is 2.82. The van der Waals surface area contributed by atoms with Crippen LogP contribution in [0.2, 0.25) is 0 Å². The molecule has 182 valence electrons. The average molecular weight is 468 g/mol. The quantitative estimate of drug-likeness (QED) is 0.411. The number of para-hydroxylation sites is 1. The Morgan fingerprint density at radius 1 is 1.12 bits per heavy atom. The minimum atomic E-state index is -0.826. The van der Waals surface area contributed by atoms with Crippen LogP contribution in [0.1, 0.15) is 31.9 Å². The summed E-state index contributed by atoms with van der Waals surface area (Å²) in [7, 11) is 3.15. The van der Waals surface area contributed by atoms with E-state index in [4.69, 9.17) is 9.47 Å². The predicted molar refractivity (Wildman–Crippen MR) is 129 cm³/mol. The number of fused-ring (bicyclic) bond motifs is 1. The van der Waals surface area contributed by atoms with Crippen LogP contribution in [-0.4, -0.2) is 65.6 Å². The number of nitrogens with one attached hydrogen (secondary N) is 1. The van der Waals surface area contributed by atoms with E-state index in [9.17, 15) is 9.59 Å². The second-order valence-electron chi connectivity index (χ2n) is 8.47. The van der Waals surface area contributed by atoms with Crippen molar-refractivity contribution in [1.29, 1.82) is 0 Å². The number of ether oxygens (including phenoxy) is 2. The fourth-order valence-corrected chi connectivity index (χ4v) is 3.71. The van der Waals surface area contributed by atoms with Gasteiger partial charge < -0.3 is 19.7 Å². The lowest BCUT2D eigenvalue weighted by Gasteiger charge is -2.32. The van der Waals surface area contributed by atoms with E-state index in [0.717, 1.165) is 11.9 Å². The number of rotatable bonds is 12. The third-order valence-electron chi connectivity index (χ3n) is 5.55. The number of carbonyl (C=O) groups is 2. The third-order valence-corrected chi connectivity index (χ3v) is 5.55. The number of carbonyl (C=O) groups excluding carboxylic acids is 2. The number of hydrogen-bond donors (Lipinski definition) is 1. The first-order chi connectivity index (χ1) is 16.4. The molecule has 0 saturated heterocycles. The first-order valence-corrected chi connectivity index (χ1v) is 11.4. The standard InChI is InChI=1S/C25H33N5O4/c1-18(2)12-14-29(23(31)17-30-22-11-6-5-10-21(22)27-28-30)24(25(32)26-13-15-33-3)19-8-7-9-20(16-19)34-4/h5-11,16,18,24H,12-15,17H2,1-4H3,(H,26,32). The highest BCUT2D eigenvalue weighted by atomic mass is 16.5. The Labute approximate surface area is 200 Å². The normalized spacial score (nSPS) is 12.0. The lowest BCUT2D eigenvalue weighted by molar-refractivity contribution is -0.141. The van der Waals surface area contributed by atoms with E-state index < -0.39 is 6.04 Å². The second-order valence-corrected chi connectivity index (χ2v) is 8.47. The van der Waals surface area contributed by atoms with Crippen molar-refractivity contribution in [2.75, 3.05) is 33.9 Å². The van der Waals surface area contributed by atoms with Gasteiger partial charge in [-0.25, -0.2) is 4.68 Å². The molecule has 1 unspecified atom stereocenters. The van der Waals surface area contributed by atoms with E-state index in [-0.39, 0.29) is 18.4 Å². The number of amides is 2. The van der Waals surface area contributed by atoms with Crippen molar-refractivity contribution < 1.29 is 19.1 Å². The van der Waals surface area contributed by atoms with Gasteiger partial charge in [-0.1, -0.05) is 43.3 Å². The fraction of sp³-hybridized carbons (Fsp3) is 0.440. The van der Waals surface area contributed by atoms with Crippen molar-refractivity contribution in [1.82, 2.24) is 25.2 Å². The van der Waals surface area contributed by atoms with Crippen LogP contribution in [0.25, 0.3) is 11.0 Å². The van der Waals surface area contributed by atoms with Crippen molar-refractivity contribution in [3.05, 3.63) is 54.1 Å². The van der Waals surface area contributed by atoms with Crippen LogP contribution in [0.15, 0.2) is 48.5 Å². The molecular formula is C25H33N5O4. The Morgan fingerprint density at radius 3 is 2.65 bits per heavy atom. The van der Waals surface area contributed by atoms with Gasteiger partial charge in [-0.3, -0.25) is 9.59 Å². The van der Waals surface area contributed by atoms with Gasteiger partial charge in [-0.15, -0.1) is 5.10 Å².